The SMILES string of the molecule is C/C=C/c1c(-c2ccc3ccccc3c2)ccnc1Cl. The van der Waals surface area contributed by atoms with Crippen molar-refractivity contribution < 1.29 is 0 Å². The highest BCUT2D eigenvalue weighted by molar-refractivity contribution is 6.31. The highest BCUT2D eigenvalue weighted by Gasteiger charge is 2.08. The molecule has 2 aromatic carbocycles. The Morgan fingerprint density at radius 3 is 2.60 bits per heavy atom. The number of benzene rings is 2. The molecule has 0 radical (unpaired) electrons. The summed E-state index contributed by atoms with van der Waals surface area (Å²) in [7, 11) is 0. The van der Waals surface area contributed by atoms with Gasteiger partial charge in [-0.25, -0.2) is 4.98 Å². The lowest BCUT2D eigenvalue weighted by molar-refractivity contribution is 1.32. The summed E-state index contributed by atoms with van der Waals surface area (Å²) in [6, 6.07) is 16.8. The van der Waals surface area contributed by atoms with Gasteiger partial charge >= 0.3 is 0 Å². The molecular weight excluding hydrogens is 266 g/mol. The van der Waals surface area contributed by atoms with E-state index < -0.39 is 0 Å². The molecule has 0 fully saturated rings. The van der Waals surface area contributed by atoms with Crippen molar-refractivity contribution in [3.8, 4) is 11.1 Å². The van der Waals surface area contributed by atoms with E-state index in [0.717, 1.165) is 16.7 Å². The molecule has 0 aliphatic heterocycles. The second kappa shape index (κ2) is 5.48. The number of aromatic nitrogens is 1. The van der Waals surface area contributed by atoms with Gasteiger partial charge in [0.2, 0.25) is 0 Å². The summed E-state index contributed by atoms with van der Waals surface area (Å²) in [5.74, 6) is 0. The van der Waals surface area contributed by atoms with Crippen LogP contribution >= 0.6 is 11.6 Å². The second-order valence-electron chi connectivity index (χ2n) is 4.62. The van der Waals surface area contributed by atoms with Crippen LogP contribution in [0, 0.1) is 0 Å². The molecule has 1 heterocycles. The first-order valence-electron chi connectivity index (χ1n) is 6.56. The third-order valence-electron chi connectivity index (χ3n) is 3.34. The van der Waals surface area contributed by atoms with Crippen molar-refractivity contribution in [3.05, 3.63) is 71.5 Å². The van der Waals surface area contributed by atoms with Crippen LogP contribution < -0.4 is 0 Å². The third-order valence-corrected chi connectivity index (χ3v) is 3.64. The minimum absolute atomic E-state index is 0.536. The van der Waals surface area contributed by atoms with Crippen molar-refractivity contribution in [1.82, 2.24) is 4.98 Å². The Morgan fingerprint density at radius 2 is 1.80 bits per heavy atom. The highest BCUT2D eigenvalue weighted by Crippen LogP contribution is 2.30. The molecule has 0 spiro atoms. The maximum atomic E-state index is 6.21. The fraction of sp³-hybridized carbons (Fsp3) is 0.0556. The number of fused-ring (bicyclic) bond motifs is 1. The number of allylic oxidation sites excluding steroid dienone is 1. The van der Waals surface area contributed by atoms with Crippen LogP contribution in [0.5, 0.6) is 0 Å². The average molecular weight is 280 g/mol. The first-order valence-corrected chi connectivity index (χ1v) is 6.94. The van der Waals surface area contributed by atoms with E-state index in [2.05, 4.69) is 47.4 Å². The Bertz CT molecular complexity index is 790. The predicted molar refractivity (Wildman–Crippen MR) is 86.9 cm³/mol. The van der Waals surface area contributed by atoms with Gasteiger partial charge in [0.15, 0.2) is 0 Å². The van der Waals surface area contributed by atoms with Crippen LogP contribution in [-0.4, -0.2) is 4.98 Å². The van der Waals surface area contributed by atoms with Gasteiger partial charge in [0.05, 0.1) is 0 Å². The normalized spacial score (nSPS) is 11.3. The lowest BCUT2D eigenvalue weighted by Gasteiger charge is -2.09. The molecule has 98 valence electrons. The average Bonchev–Trinajstić information content (AvgIpc) is 2.49. The molecule has 3 aromatic rings. The Balaban J connectivity index is 2.22. The molecule has 20 heavy (non-hydrogen) atoms. The zero-order valence-electron chi connectivity index (χ0n) is 11.2. The molecule has 0 aliphatic rings. The highest BCUT2D eigenvalue weighted by atomic mass is 35.5. The Hall–Kier alpha value is -2.12. The largest absolute Gasteiger partial charge is 0.244 e. The number of halogens is 1. The van der Waals surface area contributed by atoms with E-state index in [0.29, 0.717) is 5.15 Å². The molecule has 1 nitrogen and oxygen atoms in total. The van der Waals surface area contributed by atoms with E-state index >= 15 is 0 Å². The molecule has 0 bridgehead atoms. The van der Waals surface area contributed by atoms with E-state index in [1.165, 1.54) is 10.8 Å². The van der Waals surface area contributed by atoms with Gasteiger partial charge in [-0.1, -0.05) is 60.2 Å². The van der Waals surface area contributed by atoms with E-state index in [1.54, 1.807) is 6.20 Å². The molecule has 0 N–H and O–H groups in total. The van der Waals surface area contributed by atoms with Crippen molar-refractivity contribution in [2.45, 2.75) is 6.92 Å². The van der Waals surface area contributed by atoms with Crippen LogP contribution in [0.2, 0.25) is 5.15 Å². The van der Waals surface area contributed by atoms with Gasteiger partial charge in [-0.3, -0.25) is 0 Å². The quantitative estimate of drug-likeness (QED) is 0.557. The molecule has 0 aliphatic carbocycles. The maximum Gasteiger partial charge on any atom is 0.136 e. The molecule has 0 saturated heterocycles. The number of hydrogen-bond donors (Lipinski definition) is 0. The van der Waals surface area contributed by atoms with Gasteiger partial charge < -0.3 is 0 Å². The summed E-state index contributed by atoms with van der Waals surface area (Å²) >= 11 is 6.21. The van der Waals surface area contributed by atoms with Gasteiger partial charge in [-0.15, -0.1) is 0 Å². The number of pyridine rings is 1. The molecule has 0 saturated carbocycles. The van der Waals surface area contributed by atoms with Gasteiger partial charge in [0.25, 0.3) is 0 Å². The minimum Gasteiger partial charge on any atom is -0.244 e. The van der Waals surface area contributed by atoms with Crippen LogP contribution in [0.25, 0.3) is 28.0 Å². The first-order chi connectivity index (χ1) is 9.79. The zero-order valence-corrected chi connectivity index (χ0v) is 11.9. The fourth-order valence-electron chi connectivity index (χ4n) is 2.38. The second-order valence-corrected chi connectivity index (χ2v) is 4.98. The topological polar surface area (TPSA) is 12.9 Å². The third kappa shape index (κ3) is 2.33. The monoisotopic (exact) mass is 279 g/mol. The molecule has 3 rings (SSSR count). The standard InChI is InChI=1S/C18H14ClN/c1-2-5-17-16(10-11-20-18(17)19)15-9-8-13-6-3-4-7-14(13)12-15/h2-12H,1H3/b5-2+. The number of rotatable bonds is 2. The van der Waals surface area contributed by atoms with Crippen molar-refractivity contribution in [2.75, 3.05) is 0 Å². The van der Waals surface area contributed by atoms with Gasteiger partial charge in [-0.2, -0.15) is 0 Å². The molecule has 0 unspecified atom stereocenters. The van der Waals surface area contributed by atoms with E-state index in [-0.39, 0.29) is 0 Å². The van der Waals surface area contributed by atoms with Crippen LogP contribution in [0.4, 0.5) is 0 Å². The van der Waals surface area contributed by atoms with E-state index in [4.69, 9.17) is 11.6 Å². The van der Waals surface area contributed by atoms with E-state index in [9.17, 15) is 0 Å². The van der Waals surface area contributed by atoms with Crippen molar-refractivity contribution in [3.63, 3.8) is 0 Å². The molecule has 0 atom stereocenters. The lowest BCUT2D eigenvalue weighted by atomic mass is 9.98. The Labute approximate surface area is 123 Å². The summed E-state index contributed by atoms with van der Waals surface area (Å²) in [5, 5.41) is 3.00. The number of nitrogens with zero attached hydrogens (tertiary/aromatic N) is 1. The summed E-state index contributed by atoms with van der Waals surface area (Å²) in [6.07, 6.45) is 5.73. The van der Waals surface area contributed by atoms with Crippen molar-refractivity contribution >= 4 is 28.4 Å². The fourth-order valence-corrected chi connectivity index (χ4v) is 2.60. The Morgan fingerprint density at radius 1 is 1.00 bits per heavy atom. The molecule has 1 aromatic heterocycles. The summed E-state index contributed by atoms with van der Waals surface area (Å²) in [5.41, 5.74) is 3.22. The Kier molecular flexibility index (Phi) is 3.53. The lowest BCUT2D eigenvalue weighted by Crippen LogP contribution is -1.88. The van der Waals surface area contributed by atoms with Crippen molar-refractivity contribution in [1.29, 1.82) is 0 Å². The van der Waals surface area contributed by atoms with Crippen LogP contribution in [0.1, 0.15) is 12.5 Å². The summed E-state index contributed by atoms with van der Waals surface area (Å²) < 4.78 is 0. The van der Waals surface area contributed by atoms with Crippen LogP contribution in [0.15, 0.2) is 60.8 Å². The van der Waals surface area contributed by atoms with Crippen LogP contribution in [-0.2, 0) is 0 Å². The number of hydrogen-bond acceptors (Lipinski definition) is 1. The maximum absolute atomic E-state index is 6.21. The summed E-state index contributed by atoms with van der Waals surface area (Å²) in [4.78, 5) is 4.16. The van der Waals surface area contributed by atoms with Gasteiger partial charge in [0.1, 0.15) is 5.15 Å². The zero-order chi connectivity index (χ0) is 13.9. The smallest absolute Gasteiger partial charge is 0.136 e. The van der Waals surface area contributed by atoms with Gasteiger partial charge in [0, 0.05) is 11.8 Å². The van der Waals surface area contributed by atoms with Gasteiger partial charge in [-0.05, 0) is 41.0 Å². The van der Waals surface area contributed by atoms with Crippen molar-refractivity contribution in [2.24, 2.45) is 0 Å². The molecule has 2 heteroatoms. The van der Waals surface area contributed by atoms with Crippen LogP contribution in [0.3, 0.4) is 0 Å². The molecular formula is C18H14ClN. The summed E-state index contributed by atoms with van der Waals surface area (Å²) in [6.45, 7) is 1.98. The predicted octanol–water partition coefficient (Wildman–Crippen LogP) is 5.59. The van der Waals surface area contributed by atoms with E-state index in [1.807, 2.05) is 25.1 Å². The first kappa shape index (κ1) is 12.9. The molecule has 0 amide bonds. The minimum atomic E-state index is 0.536.